The van der Waals surface area contributed by atoms with Gasteiger partial charge in [-0.2, -0.15) is 5.26 Å². The molecule has 18 heavy (non-hydrogen) atoms. The van der Waals surface area contributed by atoms with Gasteiger partial charge in [-0.1, -0.05) is 56.1 Å². The summed E-state index contributed by atoms with van der Waals surface area (Å²) in [6, 6.07) is 6.99. The van der Waals surface area contributed by atoms with Crippen LogP contribution in [0, 0.1) is 16.7 Å². The number of Topliss-reactive ketones (excluding diaryl/α,β-unsaturated/α-hetero) is 1. The van der Waals surface area contributed by atoms with Crippen LogP contribution < -0.4 is 0 Å². The maximum absolute atomic E-state index is 12.0. The molecule has 1 aromatic carbocycles. The SMILES string of the molecule is CC(C)(C)C(=O)C(C#N)=Cc1cccc(Cl)c1Cl. The molecule has 0 radical (unpaired) electrons. The van der Waals surface area contributed by atoms with E-state index < -0.39 is 5.41 Å². The summed E-state index contributed by atoms with van der Waals surface area (Å²) in [6.45, 7) is 5.29. The largest absolute Gasteiger partial charge is 0.293 e. The molecule has 0 aromatic heterocycles. The van der Waals surface area contributed by atoms with Gasteiger partial charge in [-0.3, -0.25) is 4.79 Å². The lowest BCUT2D eigenvalue weighted by Gasteiger charge is -2.15. The first-order valence-electron chi connectivity index (χ1n) is 5.38. The number of carbonyl (C=O) groups excluding carboxylic acids is 1. The molecule has 0 aliphatic heterocycles. The van der Waals surface area contributed by atoms with Gasteiger partial charge in [0.15, 0.2) is 5.78 Å². The average Bonchev–Trinajstić information content (AvgIpc) is 2.29. The second-order valence-corrected chi connectivity index (χ2v) is 5.68. The maximum Gasteiger partial charge on any atom is 0.178 e. The molecule has 0 N–H and O–H groups in total. The fourth-order valence-corrected chi connectivity index (χ4v) is 1.70. The van der Waals surface area contributed by atoms with Crippen LogP contribution in [0.25, 0.3) is 6.08 Å². The van der Waals surface area contributed by atoms with Crippen LogP contribution in [0.2, 0.25) is 10.0 Å². The van der Waals surface area contributed by atoms with Crippen molar-refractivity contribution < 1.29 is 4.79 Å². The predicted molar refractivity (Wildman–Crippen MR) is 74.5 cm³/mol. The molecule has 2 nitrogen and oxygen atoms in total. The molecule has 0 saturated carbocycles. The number of nitriles is 1. The standard InChI is InChI=1S/C14H13Cl2NO/c1-14(2,3)13(18)10(8-17)7-9-5-4-6-11(15)12(9)16/h4-7H,1-3H3. The van der Waals surface area contributed by atoms with Gasteiger partial charge in [-0.25, -0.2) is 0 Å². The van der Waals surface area contributed by atoms with E-state index in [1.807, 2.05) is 6.07 Å². The highest BCUT2D eigenvalue weighted by atomic mass is 35.5. The van der Waals surface area contributed by atoms with E-state index in [1.54, 1.807) is 39.0 Å². The third-order valence-corrected chi connectivity index (χ3v) is 3.16. The number of nitrogens with zero attached hydrogens (tertiary/aromatic N) is 1. The van der Waals surface area contributed by atoms with Crippen molar-refractivity contribution in [2.45, 2.75) is 20.8 Å². The van der Waals surface area contributed by atoms with Crippen LogP contribution in [-0.4, -0.2) is 5.78 Å². The molecule has 0 spiro atoms. The first kappa shape index (κ1) is 14.8. The van der Waals surface area contributed by atoms with Crippen molar-refractivity contribution >= 4 is 35.1 Å². The van der Waals surface area contributed by atoms with Crippen molar-refractivity contribution in [1.82, 2.24) is 0 Å². The second kappa shape index (κ2) is 5.56. The van der Waals surface area contributed by atoms with Crippen molar-refractivity contribution in [2.24, 2.45) is 5.41 Å². The summed E-state index contributed by atoms with van der Waals surface area (Å²) in [4.78, 5) is 12.0. The fourth-order valence-electron chi connectivity index (χ4n) is 1.34. The Morgan fingerprint density at radius 2 is 1.94 bits per heavy atom. The zero-order valence-corrected chi connectivity index (χ0v) is 11.9. The van der Waals surface area contributed by atoms with Crippen LogP contribution in [0.4, 0.5) is 0 Å². The molecule has 0 aliphatic rings. The Kier molecular flexibility index (Phi) is 4.56. The van der Waals surface area contributed by atoms with Crippen LogP contribution in [-0.2, 0) is 4.79 Å². The van der Waals surface area contributed by atoms with Gasteiger partial charge in [0.2, 0.25) is 0 Å². The van der Waals surface area contributed by atoms with Gasteiger partial charge in [0, 0.05) is 5.41 Å². The van der Waals surface area contributed by atoms with E-state index in [1.165, 1.54) is 6.08 Å². The normalized spacial score (nSPS) is 12.1. The van der Waals surface area contributed by atoms with Gasteiger partial charge in [0.05, 0.1) is 15.6 Å². The van der Waals surface area contributed by atoms with Crippen LogP contribution in [0.5, 0.6) is 0 Å². The van der Waals surface area contributed by atoms with Crippen LogP contribution >= 0.6 is 23.2 Å². The maximum atomic E-state index is 12.0. The second-order valence-electron chi connectivity index (χ2n) is 4.89. The topological polar surface area (TPSA) is 40.9 Å². The summed E-state index contributed by atoms with van der Waals surface area (Å²) in [5.74, 6) is -0.221. The van der Waals surface area contributed by atoms with E-state index in [9.17, 15) is 4.79 Å². The van der Waals surface area contributed by atoms with E-state index in [-0.39, 0.29) is 11.4 Å². The Bertz CT molecular complexity index is 548. The molecule has 1 aromatic rings. The molecule has 0 aliphatic carbocycles. The number of halogens is 2. The minimum absolute atomic E-state index is 0.0756. The first-order chi connectivity index (χ1) is 8.27. The number of hydrogen-bond acceptors (Lipinski definition) is 2. The Labute approximate surface area is 117 Å². The molecular formula is C14H13Cl2NO. The van der Waals surface area contributed by atoms with Gasteiger partial charge in [-0.05, 0) is 17.7 Å². The van der Waals surface area contributed by atoms with Gasteiger partial charge >= 0.3 is 0 Å². The molecule has 0 unspecified atom stereocenters. The molecule has 1 rings (SSSR count). The fraction of sp³-hybridized carbons (Fsp3) is 0.286. The van der Waals surface area contributed by atoms with Crippen molar-refractivity contribution in [3.8, 4) is 6.07 Å². The quantitative estimate of drug-likeness (QED) is 0.591. The molecule has 94 valence electrons. The Morgan fingerprint density at radius 3 is 2.44 bits per heavy atom. The molecule has 0 atom stereocenters. The van der Waals surface area contributed by atoms with Crippen molar-refractivity contribution in [2.75, 3.05) is 0 Å². The summed E-state index contributed by atoms with van der Waals surface area (Å²) in [5.41, 5.74) is 0.0390. The molecule has 0 bridgehead atoms. The molecule has 0 fully saturated rings. The zero-order chi connectivity index (χ0) is 13.9. The molecule has 0 heterocycles. The van der Waals surface area contributed by atoms with Crippen molar-refractivity contribution in [3.05, 3.63) is 39.4 Å². The number of ketones is 1. The van der Waals surface area contributed by atoms with Crippen molar-refractivity contribution in [1.29, 1.82) is 5.26 Å². The number of benzene rings is 1. The van der Waals surface area contributed by atoms with E-state index in [0.717, 1.165) is 0 Å². The monoisotopic (exact) mass is 281 g/mol. The zero-order valence-electron chi connectivity index (χ0n) is 10.4. The summed E-state index contributed by atoms with van der Waals surface area (Å²) < 4.78 is 0. The summed E-state index contributed by atoms with van der Waals surface area (Å²) >= 11 is 11.9. The number of carbonyl (C=O) groups is 1. The Hall–Kier alpha value is -1.30. The van der Waals surface area contributed by atoms with E-state index in [0.29, 0.717) is 15.6 Å². The van der Waals surface area contributed by atoms with Gasteiger partial charge < -0.3 is 0 Å². The summed E-state index contributed by atoms with van der Waals surface area (Å²) in [5, 5.41) is 9.80. The minimum atomic E-state index is -0.605. The lowest BCUT2D eigenvalue weighted by molar-refractivity contribution is -0.121. The summed E-state index contributed by atoms with van der Waals surface area (Å²) in [6.07, 6.45) is 1.47. The highest BCUT2D eigenvalue weighted by Crippen LogP contribution is 2.28. The third kappa shape index (κ3) is 3.35. The van der Waals surface area contributed by atoms with E-state index >= 15 is 0 Å². The number of hydrogen-bond donors (Lipinski definition) is 0. The predicted octanol–water partition coefficient (Wildman–Crippen LogP) is 4.52. The summed E-state index contributed by atoms with van der Waals surface area (Å²) in [7, 11) is 0. The highest BCUT2D eigenvalue weighted by Gasteiger charge is 2.25. The first-order valence-corrected chi connectivity index (χ1v) is 6.13. The van der Waals surface area contributed by atoms with Gasteiger partial charge in [-0.15, -0.1) is 0 Å². The highest BCUT2D eigenvalue weighted by molar-refractivity contribution is 6.43. The lowest BCUT2D eigenvalue weighted by Crippen LogP contribution is -2.21. The average molecular weight is 282 g/mol. The van der Waals surface area contributed by atoms with Gasteiger partial charge in [0.25, 0.3) is 0 Å². The third-order valence-electron chi connectivity index (χ3n) is 2.33. The van der Waals surface area contributed by atoms with Gasteiger partial charge in [0.1, 0.15) is 6.07 Å². The number of rotatable bonds is 2. The lowest BCUT2D eigenvalue weighted by atomic mass is 9.86. The van der Waals surface area contributed by atoms with Crippen molar-refractivity contribution in [3.63, 3.8) is 0 Å². The molecule has 0 amide bonds. The molecular weight excluding hydrogens is 269 g/mol. The van der Waals surface area contributed by atoms with E-state index in [2.05, 4.69) is 0 Å². The minimum Gasteiger partial charge on any atom is -0.293 e. The Balaban J connectivity index is 3.26. The molecule has 4 heteroatoms. The van der Waals surface area contributed by atoms with E-state index in [4.69, 9.17) is 28.5 Å². The van der Waals surface area contributed by atoms with Crippen LogP contribution in [0.1, 0.15) is 26.3 Å². The van der Waals surface area contributed by atoms with Crippen LogP contribution in [0.15, 0.2) is 23.8 Å². The Morgan fingerprint density at radius 1 is 1.33 bits per heavy atom. The number of allylic oxidation sites excluding steroid dienone is 1. The molecule has 0 saturated heterocycles. The smallest absolute Gasteiger partial charge is 0.178 e. The van der Waals surface area contributed by atoms with Crippen LogP contribution in [0.3, 0.4) is 0 Å².